The molecule has 0 unspecified atom stereocenters. The molecule has 1 aromatic carbocycles. The van der Waals surface area contributed by atoms with Gasteiger partial charge in [0.15, 0.2) is 0 Å². The van der Waals surface area contributed by atoms with Crippen molar-refractivity contribution in [2.45, 2.75) is 0 Å². The van der Waals surface area contributed by atoms with Gasteiger partial charge < -0.3 is 0 Å². The van der Waals surface area contributed by atoms with E-state index < -0.39 is 0 Å². The van der Waals surface area contributed by atoms with Crippen molar-refractivity contribution < 1.29 is 4.57 Å². The highest BCUT2D eigenvalue weighted by molar-refractivity contribution is 9.10. The van der Waals surface area contributed by atoms with E-state index in [0.717, 1.165) is 10.2 Å². The van der Waals surface area contributed by atoms with Crippen LogP contribution in [0, 0.1) is 6.33 Å². The monoisotopic (exact) mass is 300 g/mol. The van der Waals surface area contributed by atoms with Crippen molar-refractivity contribution in [3.05, 3.63) is 65.9 Å². The van der Waals surface area contributed by atoms with Crippen LogP contribution in [0.3, 0.4) is 0 Å². The lowest BCUT2D eigenvalue weighted by Gasteiger charge is -2.00. The molecule has 0 saturated carbocycles. The number of imidazole rings is 1. The maximum absolute atomic E-state index is 4.17. The zero-order valence-electron chi connectivity index (χ0n) is 9.36. The Kier molecular flexibility index (Phi) is 2.90. The smallest absolute Gasteiger partial charge is 0.271 e. The molecule has 0 fully saturated rings. The highest BCUT2D eigenvalue weighted by Crippen LogP contribution is 2.10. The third kappa shape index (κ3) is 2.17. The van der Waals surface area contributed by atoms with Crippen LogP contribution >= 0.6 is 15.9 Å². The molecule has 0 spiro atoms. The van der Waals surface area contributed by atoms with Crippen LogP contribution in [0.5, 0.6) is 0 Å². The third-order valence-corrected chi connectivity index (χ3v) is 2.98. The SMILES string of the molecule is Brc1ccc(-[n+]2[c-]n(-c3ncccn3)cc2)cc1. The maximum Gasteiger partial charge on any atom is 0.271 e. The Bertz CT molecular complexity index is 646. The van der Waals surface area contributed by atoms with Gasteiger partial charge in [0.05, 0.1) is 5.69 Å². The lowest BCUT2D eigenvalue weighted by molar-refractivity contribution is -0.599. The Morgan fingerprint density at radius 1 is 1.11 bits per heavy atom. The summed E-state index contributed by atoms with van der Waals surface area (Å²) in [6, 6.07) is 9.79. The normalized spacial score (nSPS) is 10.5. The largest absolute Gasteiger partial charge is 0.299 e. The molecule has 5 heteroatoms. The van der Waals surface area contributed by atoms with Crippen molar-refractivity contribution in [2.75, 3.05) is 0 Å². The lowest BCUT2D eigenvalue weighted by Crippen LogP contribution is -2.28. The van der Waals surface area contributed by atoms with E-state index in [-0.39, 0.29) is 0 Å². The molecule has 88 valence electrons. The molecular weight excluding hydrogens is 292 g/mol. The van der Waals surface area contributed by atoms with Crippen LogP contribution in [0.2, 0.25) is 0 Å². The van der Waals surface area contributed by atoms with Gasteiger partial charge >= 0.3 is 0 Å². The number of hydrogen-bond donors (Lipinski definition) is 0. The first-order valence-electron chi connectivity index (χ1n) is 5.38. The van der Waals surface area contributed by atoms with E-state index in [0.29, 0.717) is 5.95 Å². The van der Waals surface area contributed by atoms with E-state index in [4.69, 9.17) is 0 Å². The summed E-state index contributed by atoms with van der Waals surface area (Å²) in [4.78, 5) is 8.34. The van der Waals surface area contributed by atoms with Gasteiger partial charge in [-0.1, -0.05) is 28.1 Å². The molecule has 2 aromatic heterocycles. The van der Waals surface area contributed by atoms with Gasteiger partial charge in [-0.15, -0.1) is 0 Å². The van der Waals surface area contributed by atoms with E-state index in [9.17, 15) is 0 Å². The first-order chi connectivity index (χ1) is 8.83. The van der Waals surface area contributed by atoms with Crippen LogP contribution in [0.15, 0.2) is 59.6 Å². The summed E-state index contributed by atoms with van der Waals surface area (Å²) in [5.41, 5.74) is 1.04. The van der Waals surface area contributed by atoms with Crippen molar-refractivity contribution in [3.63, 3.8) is 0 Å². The topological polar surface area (TPSA) is 34.6 Å². The first-order valence-corrected chi connectivity index (χ1v) is 6.18. The summed E-state index contributed by atoms with van der Waals surface area (Å²) in [6.07, 6.45) is 10.4. The van der Waals surface area contributed by atoms with Crippen molar-refractivity contribution in [1.82, 2.24) is 14.5 Å². The van der Waals surface area contributed by atoms with Gasteiger partial charge in [0.1, 0.15) is 0 Å². The average molecular weight is 301 g/mol. The fourth-order valence-electron chi connectivity index (χ4n) is 1.59. The van der Waals surface area contributed by atoms with Gasteiger partial charge in [-0.05, 0) is 18.2 Å². The molecule has 0 aliphatic rings. The molecule has 0 radical (unpaired) electrons. The standard InChI is InChI=1S/C13H9BrN4/c14-11-2-4-12(5-3-11)17-8-9-18(10-17)13-15-6-1-7-16-13/h1-9H. The summed E-state index contributed by atoms with van der Waals surface area (Å²) < 4.78 is 4.70. The van der Waals surface area contributed by atoms with Crippen LogP contribution < -0.4 is 4.57 Å². The number of hydrogen-bond acceptors (Lipinski definition) is 2. The average Bonchev–Trinajstić information content (AvgIpc) is 2.90. The molecule has 0 atom stereocenters. The van der Waals surface area contributed by atoms with Gasteiger partial charge in [-0.3, -0.25) is 9.13 Å². The zero-order chi connectivity index (χ0) is 12.4. The summed E-state index contributed by atoms with van der Waals surface area (Å²) >= 11 is 3.42. The van der Waals surface area contributed by atoms with Crippen LogP contribution in [-0.4, -0.2) is 14.5 Å². The Labute approximate surface area is 113 Å². The Morgan fingerprint density at radius 3 is 2.56 bits per heavy atom. The fraction of sp³-hybridized carbons (Fsp3) is 0. The minimum absolute atomic E-state index is 0.605. The van der Waals surface area contributed by atoms with Crippen LogP contribution in [0.1, 0.15) is 0 Å². The summed E-state index contributed by atoms with van der Waals surface area (Å²) in [5, 5.41) is 0. The molecule has 0 aliphatic carbocycles. The van der Waals surface area contributed by atoms with Crippen molar-refractivity contribution >= 4 is 15.9 Å². The molecule has 0 N–H and O–H groups in total. The van der Waals surface area contributed by atoms with E-state index in [1.54, 1.807) is 23.0 Å². The molecule has 0 bridgehead atoms. The number of rotatable bonds is 2. The van der Waals surface area contributed by atoms with E-state index >= 15 is 0 Å². The molecule has 0 aliphatic heterocycles. The fourth-order valence-corrected chi connectivity index (χ4v) is 1.85. The number of halogens is 1. The van der Waals surface area contributed by atoms with E-state index in [2.05, 4.69) is 32.2 Å². The van der Waals surface area contributed by atoms with Gasteiger partial charge in [0, 0.05) is 29.3 Å². The third-order valence-electron chi connectivity index (χ3n) is 2.45. The summed E-state index contributed by atoms with van der Waals surface area (Å²) in [6.45, 7) is 0. The van der Waals surface area contributed by atoms with Gasteiger partial charge in [-0.2, -0.15) is 0 Å². The van der Waals surface area contributed by atoms with Crippen molar-refractivity contribution in [1.29, 1.82) is 0 Å². The molecule has 18 heavy (non-hydrogen) atoms. The van der Waals surface area contributed by atoms with Crippen LogP contribution in [0.4, 0.5) is 0 Å². The van der Waals surface area contributed by atoms with Crippen molar-refractivity contribution in [2.24, 2.45) is 0 Å². The minimum Gasteiger partial charge on any atom is -0.299 e. The molecule has 4 nitrogen and oxygen atoms in total. The predicted molar refractivity (Wildman–Crippen MR) is 69.4 cm³/mol. The number of nitrogens with zero attached hydrogens (tertiary/aromatic N) is 4. The zero-order valence-corrected chi connectivity index (χ0v) is 10.9. The Morgan fingerprint density at radius 2 is 1.83 bits per heavy atom. The van der Waals surface area contributed by atoms with Crippen LogP contribution in [0.25, 0.3) is 11.6 Å². The van der Waals surface area contributed by atoms with E-state index in [1.807, 2.05) is 41.2 Å². The highest BCUT2D eigenvalue weighted by atomic mass is 79.9. The molecule has 3 aromatic rings. The van der Waals surface area contributed by atoms with Crippen molar-refractivity contribution in [3.8, 4) is 11.6 Å². The molecule has 2 heterocycles. The lowest BCUT2D eigenvalue weighted by atomic mass is 10.3. The second kappa shape index (κ2) is 4.70. The summed E-state index contributed by atoms with van der Waals surface area (Å²) in [5.74, 6) is 0.605. The molecule has 0 saturated heterocycles. The number of benzene rings is 1. The molecular formula is C13H9BrN4. The Hall–Kier alpha value is -2.01. The first kappa shape index (κ1) is 11.1. The van der Waals surface area contributed by atoms with E-state index in [1.165, 1.54) is 0 Å². The maximum atomic E-state index is 4.17. The second-order valence-electron chi connectivity index (χ2n) is 3.66. The second-order valence-corrected chi connectivity index (χ2v) is 4.58. The van der Waals surface area contributed by atoms with Gasteiger partial charge in [0.25, 0.3) is 12.3 Å². The number of aromatic nitrogens is 4. The van der Waals surface area contributed by atoms with Gasteiger partial charge in [-0.25, -0.2) is 9.97 Å². The molecule has 0 amide bonds. The molecule has 3 rings (SSSR count). The Balaban J connectivity index is 1.97. The minimum atomic E-state index is 0.605. The quantitative estimate of drug-likeness (QED) is 0.537. The van der Waals surface area contributed by atoms with Crippen LogP contribution in [-0.2, 0) is 0 Å². The summed E-state index contributed by atoms with van der Waals surface area (Å²) in [7, 11) is 0. The predicted octanol–water partition coefficient (Wildman–Crippen LogP) is 2.11. The van der Waals surface area contributed by atoms with Gasteiger partial charge in [0.2, 0.25) is 0 Å². The highest BCUT2D eigenvalue weighted by Gasteiger charge is 2.03.